The van der Waals surface area contributed by atoms with Gasteiger partial charge in [0.2, 0.25) is 10.0 Å². The van der Waals surface area contributed by atoms with Crippen LogP contribution < -0.4 is 16.0 Å². The first-order chi connectivity index (χ1) is 9.55. The van der Waals surface area contributed by atoms with Gasteiger partial charge in [-0.2, -0.15) is 0 Å². The van der Waals surface area contributed by atoms with Crippen molar-refractivity contribution in [1.82, 2.24) is 14.6 Å². The highest BCUT2D eigenvalue weighted by Crippen LogP contribution is 2.16. The molecule has 0 aliphatic carbocycles. The van der Waals surface area contributed by atoms with Crippen LogP contribution in [0.15, 0.2) is 23.2 Å². The minimum Gasteiger partial charge on any atom is -0.307 e. The standard InChI is InChI=1S/C12H23N5O2S/c1-3-17(4-2)10-6-9-15-20(18,19)11-7-5-8-14-12(11)16-13/h5,7-8,15H,3-4,6,9-10,13H2,1-2H3,(H,14,16). The van der Waals surface area contributed by atoms with Gasteiger partial charge in [0.1, 0.15) is 4.90 Å². The number of nitrogens with zero attached hydrogens (tertiary/aromatic N) is 2. The predicted octanol–water partition coefficient (Wildman–Crippen LogP) is 0.377. The zero-order chi connectivity index (χ0) is 15.0. The van der Waals surface area contributed by atoms with Crippen LogP contribution in [0.2, 0.25) is 0 Å². The topological polar surface area (TPSA) is 100 Å². The highest BCUT2D eigenvalue weighted by molar-refractivity contribution is 7.89. The van der Waals surface area contributed by atoms with E-state index in [1.54, 1.807) is 6.07 Å². The molecule has 0 radical (unpaired) electrons. The Balaban J connectivity index is 2.58. The van der Waals surface area contributed by atoms with Gasteiger partial charge in [0, 0.05) is 12.7 Å². The first-order valence-corrected chi connectivity index (χ1v) is 8.17. The summed E-state index contributed by atoms with van der Waals surface area (Å²) in [5, 5.41) is 0. The molecule has 0 amide bonds. The van der Waals surface area contributed by atoms with Crippen LogP contribution in [0.4, 0.5) is 5.82 Å². The fourth-order valence-corrected chi connectivity index (χ4v) is 3.04. The third kappa shape index (κ3) is 4.71. The summed E-state index contributed by atoms with van der Waals surface area (Å²) in [5.74, 6) is 5.41. The molecular formula is C12H23N5O2S. The number of nitrogens with one attached hydrogen (secondary N) is 2. The molecule has 114 valence electrons. The van der Waals surface area contributed by atoms with Crippen molar-refractivity contribution >= 4 is 15.8 Å². The Bertz CT molecular complexity index is 502. The van der Waals surface area contributed by atoms with Crippen molar-refractivity contribution in [2.45, 2.75) is 25.2 Å². The van der Waals surface area contributed by atoms with Crippen molar-refractivity contribution in [2.75, 3.05) is 31.6 Å². The normalized spacial score (nSPS) is 11.8. The molecule has 0 aromatic carbocycles. The van der Waals surface area contributed by atoms with Crippen LogP contribution in [0.1, 0.15) is 20.3 Å². The summed E-state index contributed by atoms with van der Waals surface area (Å²) in [6.07, 6.45) is 2.24. The monoisotopic (exact) mass is 301 g/mol. The number of rotatable bonds is 9. The number of nitrogens with two attached hydrogens (primary N) is 1. The van der Waals surface area contributed by atoms with Crippen LogP contribution in [0.3, 0.4) is 0 Å². The average Bonchev–Trinajstić information content (AvgIpc) is 2.47. The lowest BCUT2D eigenvalue weighted by molar-refractivity contribution is 0.300. The zero-order valence-corrected chi connectivity index (χ0v) is 12.8. The largest absolute Gasteiger partial charge is 0.307 e. The van der Waals surface area contributed by atoms with E-state index >= 15 is 0 Å². The molecule has 1 aromatic rings. The molecule has 0 fully saturated rings. The Labute approximate surface area is 120 Å². The van der Waals surface area contributed by atoms with Gasteiger partial charge < -0.3 is 10.3 Å². The van der Waals surface area contributed by atoms with E-state index in [-0.39, 0.29) is 10.7 Å². The van der Waals surface area contributed by atoms with E-state index in [1.165, 1.54) is 12.3 Å². The minimum absolute atomic E-state index is 0.0605. The fourth-order valence-electron chi connectivity index (χ4n) is 1.84. The van der Waals surface area contributed by atoms with E-state index in [4.69, 9.17) is 5.84 Å². The van der Waals surface area contributed by atoms with Crippen molar-refractivity contribution in [3.05, 3.63) is 18.3 Å². The number of pyridine rings is 1. The lowest BCUT2D eigenvalue weighted by Crippen LogP contribution is -2.30. The van der Waals surface area contributed by atoms with Crippen LogP contribution >= 0.6 is 0 Å². The van der Waals surface area contributed by atoms with Gasteiger partial charge in [0.15, 0.2) is 5.82 Å². The number of sulfonamides is 1. The maximum Gasteiger partial charge on any atom is 0.244 e. The third-order valence-corrected chi connectivity index (χ3v) is 4.53. The Kier molecular flexibility index (Phi) is 6.86. The number of aromatic nitrogens is 1. The molecule has 0 saturated heterocycles. The van der Waals surface area contributed by atoms with Crippen LogP contribution in [-0.2, 0) is 10.0 Å². The summed E-state index contributed by atoms with van der Waals surface area (Å²) in [6.45, 7) is 7.35. The van der Waals surface area contributed by atoms with Gasteiger partial charge in [-0.1, -0.05) is 13.8 Å². The number of hydrogen-bond donors (Lipinski definition) is 3. The average molecular weight is 301 g/mol. The predicted molar refractivity (Wildman–Crippen MR) is 79.6 cm³/mol. The van der Waals surface area contributed by atoms with E-state index in [1.807, 2.05) is 0 Å². The minimum atomic E-state index is -3.59. The second kappa shape index (κ2) is 8.15. The molecule has 1 aromatic heterocycles. The van der Waals surface area contributed by atoms with Gasteiger partial charge in [-0.05, 0) is 38.2 Å². The molecule has 7 nitrogen and oxygen atoms in total. The molecule has 4 N–H and O–H groups in total. The van der Waals surface area contributed by atoms with Gasteiger partial charge in [-0.15, -0.1) is 0 Å². The van der Waals surface area contributed by atoms with Crippen LogP contribution in [0.25, 0.3) is 0 Å². The molecule has 0 saturated carbocycles. The summed E-state index contributed by atoms with van der Waals surface area (Å²) >= 11 is 0. The van der Waals surface area contributed by atoms with Gasteiger partial charge in [0.25, 0.3) is 0 Å². The molecule has 0 spiro atoms. The van der Waals surface area contributed by atoms with Crippen molar-refractivity contribution < 1.29 is 8.42 Å². The maximum absolute atomic E-state index is 12.1. The van der Waals surface area contributed by atoms with Crippen LogP contribution in [0, 0.1) is 0 Å². The van der Waals surface area contributed by atoms with Crippen molar-refractivity contribution in [2.24, 2.45) is 5.84 Å². The first-order valence-electron chi connectivity index (χ1n) is 6.68. The maximum atomic E-state index is 12.1. The number of nitrogen functional groups attached to an aromatic ring is 1. The van der Waals surface area contributed by atoms with Gasteiger partial charge >= 0.3 is 0 Å². The number of hydrazine groups is 1. The Morgan fingerprint density at radius 2 is 2.05 bits per heavy atom. The Morgan fingerprint density at radius 3 is 2.65 bits per heavy atom. The van der Waals surface area contributed by atoms with Crippen molar-refractivity contribution in [1.29, 1.82) is 0 Å². The summed E-state index contributed by atoms with van der Waals surface area (Å²) in [4.78, 5) is 6.18. The summed E-state index contributed by atoms with van der Waals surface area (Å²) < 4.78 is 26.8. The quantitative estimate of drug-likeness (QED) is 0.346. The third-order valence-electron chi connectivity index (χ3n) is 3.03. The van der Waals surface area contributed by atoms with Crippen molar-refractivity contribution in [3.63, 3.8) is 0 Å². The molecule has 20 heavy (non-hydrogen) atoms. The molecule has 0 unspecified atom stereocenters. The van der Waals surface area contributed by atoms with E-state index in [0.717, 1.165) is 26.1 Å². The molecule has 1 heterocycles. The molecule has 0 bridgehead atoms. The van der Waals surface area contributed by atoms with Crippen LogP contribution in [-0.4, -0.2) is 44.5 Å². The summed E-state index contributed by atoms with van der Waals surface area (Å²) in [7, 11) is -3.59. The highest BCUT2D eigenvalue weighted by Gasteiger charge is 2.18. The van der Waals surface area contributed by atoms with Crippen molar-refractivity contribution in [3.8, 4) is 0 Å². The molecule has 0 aliphatic rings. The fraction of sp³-hybridized carbons (Fsp3) is 0.583. The van der Waals surface area contributed by atoms with E-state index < -0.39 is 10.0 Å². The molecule has 8 heteroatoms. The SMILES string of the molecule is CCN(CC)CCCNS(=O)(=O)c1cccnc1NN. The lowest BCUT2D eigenvalue weighted by atomic mass is 10.4. The van der Waals surface area contributed by atoms with Gasteiger partial charge in [0.05, 0.1) is 0 Å². The highest BCUT2D eigenvalue weighted by atomic mass is 32.2. The molecular weight excluding hydrogens is 278 g/mol. The smallest absolute Gasteiger partial charge is 0.244 e. The molecule has 0 aliphatic heterocycles. The van der Waals surface area contributed by atoms with E-state index in [2.05, 4.69) is 33.9 Å². The second-order valence-electron chi connectivity index (χ2n) is 4.27. The first kappa shape index (κ1) is 16.8. The zero-order valence-electron chi connectivity index (χ0n) is 12.0. The number of anilines is 1. The lowest BCUT2D eigenvalue weighted by Gasteiger charge is -2.17. The summed E-state index contributed by atoms with van der Waals surface area (Å²) in [5.41, 5.74) is 2.29. The van der Waals surface area contributed by atoms with Crippen LogP contribution in [0.5, 0.6) is 0 Å². The van der Waals surface area contributed by atoms with E-state index in [0.29, 0.717) is 6.54 Å². The van der Waals surface area contributed by atoms with Gasteiger partial charge in [-0.3, -0.25) is 0 Å². The molecule has 1 rings (SSSR count). The molecule has 0 atom stereocenters. The van der Waals surface area contributed by atoms with Gasteiger partial charge in [-0.25, -0.2) is 24.0 Å². The van der Waals surface area contributed by atoms with E-state index in [9.17, 15) is 8.42 Å². The Morgan fingerprint density at radius 1 is 1.35 bits per heavy atom. The second-order valence-corrected chi connectivity index (χ2v) is 6.01. The number of hydrogen-bond acceptors (Lipinski definition) is 6. The Hall–Kier alpha value is -1.22. The summed E-state index contributed by atoms with van der Waals surface area (Å²) in [6, 6.07) is 3.03.